The Bertz CT molecular complexity index is 1240. The number of carbonyl (C=O) groups excluding carboxylic acids is 2. The van der Waals surface area contributed by atoms with E-state index in [0.29, 0.717) is 4.91 Å². The Morgan fingerprint density at radius 2 is 1.40 bits per heavy atom. The van der Waals surface area contributed by atoms with Crippen molar-refractivity contribution in [3.8, 4) is 0 Å². The molecule has 5 rings (SSSR count). The van der Waals surface area contributed by atoms with Crippen LogP contribution in [0.15, 0.2) is 96.0 Å². The monoisotopic (exact) mass is 410 g/mol. The molecule has 1 saturated heterocycles. The van der Waals surface area contributed by atoms with E-state index in [2.05, 4.69) is 46.4 Å². The molecule has 1 N–H and O–H groups in total. The first-order chi connectivity index (χ1) is 14.7. The summed E-state index contributed by atoms with van der Waals surface area (Å²) in [6.07, 6.45) is 3.87. The highest BCUT2D eigenvalue weighted by molar-refractivity contribution is 8.18. The van der Waals surface area contributed by atoms with Crippen molar-refractivity contribution in [2.24, 2.45) is 0 Å². The molecule has 4 nitrogen and oxygen atoms in total. The number of hydrogen-bond acceptors (Lipinski definition) is 3. The highest BCUT2D eigenvalue weighted by Crippen LogP contribution is 2.35. The molecule has 1 aliphatic rings. The quantitative estimate of drug-likeness (QED) is 0.445. The largest absolute Gasteiger partial charge is 0.335 e. The summed E-state index contributed by atoms with van der Waals surface area (Å²) in [6, 6.07) is 28.9. The van der Waals surface area contributed by atoms with Gasteiger partial charge in [-0.05, 0) is 35.0 Å². The summed E-state index contributed by atoms with van der Waals surface area (Å²) in [5.41, 5.74) is 4.32. The van der Waals surface area contributed by atoms with Gasteiger partial charge in [-0.2, -0.15) is 0 Å². The van der Waals surface area contributed by atoms with Gasteiger partial charge in [0, 0.05) is 22.7 Å². The number of nitrogens with one attached hydrogen (secondary N) is 1. The molecule has 0 saturated carbocycles. The third kappa shape index (κ3) is 3.33. The van der Waals surface area contributed by atoms with Crippen LogP contribution in [0.4, 0.5) is 4.79 Å². The minimum Gasteiger partial charge on any atom is -0.335 e. The van der Waals surface area contributed by atoms with Crippen molar-refractivity contribution in [1.29, 1.82) is 0 Å². The second kappa shape index (κ2) is 7.69. The molecule has 3 aromatic carbocycles. The van der Waals surface area contributed by atoms with Crippen LogP contribution < -0.4 is 5.32 Å². The number of fused-ring (bicyclic) bond motifs is 1. The second-order valence-electron chi connectivity index (χ2n) is 7.08. The van der Waals surface area contributed by atoms with Gasteiger partial charge in [-0.1, -0.05) is 78.9 Å². The molecule has 2 amide bonds. The first-order valence-electron chi connectivity index (χ1n) is 9.65. The van der Waals surface area contributed by atoms with Gasteiger partial charge in [0.1, 0.15) is 0 Å². The lowest BCUT2D eigenvalue weighted by molar-refractivity contribution is -0.115. The van der Waals surface area contributed by atoms with Gasteiger partial charge in [-0.25, -0.2) is 0 Å². The van der Waals surface area contributed by atoms with E-state index in [4.69, 9.17) is 0 Å². The van der Waals surface area contributed by atoms with Crippen LogP contribution in [-0.2, 0) is 4.79 Å². The summed E-state index contributed by atoms with van der Waals surface area (Å²) in [7, 11) is 0. The van der Waals surface area contributed by atoms with Gasteiger partial charge in [0.25, 0.3) is 11.1 Å². The molecule has 0 spiro atoms. The zero-order chi connectivity index (χ0) is 20.5. The van der Waals surface area contributed by atoms with E-state index < -0.39 is 0 Å². The Morgan fingerprint density at radius 3 is 2.00 bits per heavy atom. The highest BCUT2D eigenvalue weighted by atomic mass is 32.2. The summed E-state index contributed by atoms with van der Waals surface area (Å²) in [6.45, 7) is 0. The molecule has 1 fully saturated rings. The molecule has 0 unspecified atom stereocenters. The standard InChI is InChI=1S/C25H18N2O2S/c28-24-22(30-25(29)26-24)15-19-16-27(21-14-8-7-13-20(19)21)23(17-9-3-1-4-10-17)18-11-5-2-6-12-18/h1-16,23H,(H,26,28,29). The van der Waals surface area contributed by atoms with E-state index >= 15 is 0 Å². The average molecular weight is 410 g/mol. The maximum absolute atomic E-state index is 12.1. The number of carbonyl (C=O) groups is 2. The molecule has 0 bridgehead atoms. The zero-order valence-electron chi connectivity index (χ0n) is 16.0. The average Bonchev–Trinajstić information content (AvgIpc) is 3.29. The Morgan fingerprint density at radius 1 is 0.800 bits per heavy atom. The minimum atomic E-state index is -0.343. The van der Waals surface area contributed by atoms with E-state index in [0.717, 1.165) is 28.2 Å². The fourth-order valence-corrected chi connectivity index (χ4v) is 4.58. The number of para-hydroxylation sites is 1. The Hall–Kier alpha value is -3.57. The van der Waals surface area contributed by atoms with Gasteiger partial charge in [-0.3, -0.25) is 14.9 Å². The predicted octanol–water partition coefficient (Wildman–Crippen LogP) is 5.60. The van der Waals surface area contributed by atoms with Crippen molar-refractivity contribution < 1.29 is 9.59 Å². The third-order valence-electron chi connectivity index (χ3n) is 5.21. The molecular weight excluding hydrogens is 392 g/mol. The third-order valence-corrected chi connectivity index (χ3v) is 6.02. The molecule has 5 heteroatoms. The second-order valence-corrected chi connectivity index (χ2v) is 8.10. The van der Waals surface area contributed by atoms with Crippen LogP contribution in [0.25, 0.3) is 17.0 Å². The van der Waals surface area contributed by atoms with E-state index in [-0.39, 0.29) is 17.2 Å². The molecule has 4 aromatic rings. The summed E-state index contributed by atoms with van der Waals surface area (Å²) in [5, 5.41) is 3.03. The number of hydrogen-bond donors (Lipinski definition) is 1. The van der Waals surface area contributed by atoms with Gasteiger partial charge in [0.05, 0.1) is 10.9 Å². The van der Waals surface area contributed by atoms with Gasteiger partial charge in [0.2, 0.25) is 0 Å². The Kier molecular flexibility index (Phi) is 4.73. The number of amides is 2. The van der Waals surface area contributed by atoms with E-state index in [1.807, 2.05) is 54.6 Å². The topological polar surface area (TPSA) is 51.1 Å². The molecule has 146 valence electrons. The van der Waals surface area contributed by atoms with Crippen molar-refractivity contribution in [1.82, 2.24) is 9.88 Å². The van der Waals surface area contributed by atoms with Crippen molar-refractivity contribution in [3.05, 3.63) is 113 Å². The number of rotatable bonds is 4. The van der Waals surface area contributed by atoms with Crippen molar-refractivity contribution >= 4 is 39.9 Å². The Labute approximate surface area is 178 Å². The summed E-state index contributed by atoms with van der Waals surface area (Å²) < 4.78 is 2.24. The first kappa shape index (κ1) is 18.5. The molecule has 1 aliphatic heterocycles. The lowest BCUT2D eigenvalue weighted by atomic mass is 9.98. The van der Waals surface area contributed by atoms with E-state index in [1.54, 1.807) is 6.08 Å². The fraction of sp³-hybridized carbons (Fsp3) is 0.0400. The van der Waals surface area contributed by atoms with Crippen LogP contribution in [0.1, 0.15) is 22.7 Å². The fourth-order valence-electron chi connectivity index (χ4n) is 3.91. The van der Waals surface area contributed by atoms with Gasteiger partial charge in [0.15, 0.2) is 0 Å². The van der Waals surface area contributed by atoms with Crippen LogP contribution in [0.2, 0.25) is 0 Å². The van der Waals surface area contributed by atoms with Crippen molar-refractivity contribution in [2.75, 3.05) is 0 Å². The Balaban J connectivity index is 1.72. The van der Waals surface area contributed by atoms with Crippen LogP contribution >= 0.6 is 11.8 Å². The van der Waals surface area contributed by atoms with E-state index in [9.17, 15) is 9.59 Å². The van der Waals surface area contributed by atoms with Crippen molar-refractivity contribution in [3.63, 3.8) is 0 Å². The van der Waals surface area contributed by atoms with Gasteiger partial charge in [-0.15, -0.1) is 0 Å². The number of nitrogens with zero attached hydrogens (tertiary/aromatic N) is 1. The maximum Gasteiger partial charge on any atom is 0.290 e. The van der Waals surface area contributed by atoms with Gasteiger partial charge < -0.3 is 4.57 Å². The molecule has 0 aliphatic carbocycles. The zero-order valence-corrected chi connectivity index (χ0v) is 16.8. The normalized spacial score (nSPS) is 15.3. The summed E-state index contributed by atoms with van der Waals surface area (Å²) in [4.78, 5) is 24.1. The molecule has 2 heterocycles. The molecule has 30 heavy (non-hydrogen) atoms. The van der Waals surface area contributed by atoms with E-state index in [1.165, 1.54) is 11.1 Å². The van der Waals surface area contributed by atoms with Crippen molar-refractivity contribution in [2.45, 2.75) is 6.04 Å². The molecule has 1 aromatic heterocycles. The van der Waals surface area contributed by atoms with Crippen LogP contribution in [0.3, 0.4) is 0 Å². The summed E-state index contributed by atoms with van der Waals surface area (Å²) in [5.74, 6) is -0.343. The van der Waals surface area contributed by atoms with Crippen LogP contribution in [-0.4, -0.2) is 15.7 Å². The molecular formula is C25H18N2O2S. The van der Waals surface area contributed by atoms with Gasteiger partial charge >= 0.3 is 0 Å². The highest BCUT2D eigenvalue weighted by Gasteiger charge is 2.26. The van der Waals surface area contributed by atoms with Crippen LogP contribution in [0.5, 0.6) is 0 Å². The SMILES string of the molecule is O=C1NC(=O)C(=Cc2cn(C(c3ccccc3)c3ccccc3)c3ccccc23)S1. The lowest BCUT2D eigenvalue weighted by Gasteiger charge is -2.21. The number of benzene rings is 3. The number of aromatic nitrogens is 1. The van der Waals surface area contributed by atoms with Crippen LogP contribution in [0, 0.1) is 0 Å². The maximum atomic E-state index is 12.1. The first-order valence-corrected chi connectivity index (χ1v) is 10.5. The molecule has 0 radical (unpaired) electrons. The lowest BCUT2D eigenvalue weighted by Crippen LogP contribution is -2.17. The molecule has 0 atom stereocenters. The summed E-state index contributed by atoms with van der Waals surface area (Å²) >= 11 is 0.940. The predicted molar refractivity (Wildman–Crippen MR) is 121 cm³/mol. The number of thioether (sulfide) groups is 1. The minimum absolute atomic E-state index is 0.0175. The smallest absolute Gasteiger partial charge is 0.290 e. The number of imide groups is 1.